The van der Waals surface area contributed by atoms with Crippen LogP contribution in [0.5, 0.6) is 0 Å². The van der Waals surface area contributed by atoms with Crippen molar-refractivity contribution in [3.05, 3.63) is 33.9 Å². The molecule has 0 atom stereocenters. The molecule has 3 N–H and O–H groups in total. The van der Waals surface area contributed by atoms with Crippen molar-refractivity contribution in [1.82, 2.24) is 4.90 Å². The first kappa shape index (κ1) is 13.4. The van der Waals surface area contributed by atoms with Crippen LogP contribution in [0, 0.1) is 10.1 Å². The zero-order chi connectivity index (χ0) is 13.0. The van der Waals surface area contributed by atoms with Crippen LogP contribution in [0.2, 0.25) is 0 Å². The Balaban J connectivity index is 2.96. The second-order valence-electron chi connectivity index (χ2n) is 4.26. The van der Waals surface area contributed by atoms with E-state index in [4.69, 9.17) is 5.84 Å². The van der Waals surface area contributed by atoms with Crippen LogP contribution < -0.4 is 11.3 Å². The van der Waals surface area contributed by atoms with E-state index in [1.165, 1.54) is 0 Å². The van der Waals surface area contributed by atoms with Crippen LogP contribution in [-0.2, 0) is 6.54 Å². The number of hydrazine groups is 1. The van der Waals surface area contributed by atoms with E-state index in [2.05, 4.69) is 24.2 Å². The van der Waals surface area contributed by atoms with Gasteiger partial charge in [0.1, 0.15) is 5.69 Å². The van der Waals surface area contributed by atoms with Crippen molar-refractivity contribution < 1.29 is 4.92 Å². The van der Waals surface area contributed by atoms with Crippen molar-refractivity contribution in [2.75, 3.05) is 12.5 Å². The number of anilines is 1. The number of nitrogens with two attached hydrogens (primary N) is 1. The van der Waals surface area contributed by atoms with E-state index in [1.54, 1.807) is 12.1 Å². The third kappa shape index (κ3) is 3.40. The van der Waals surface area contributed by atoms with Crippen LogP contribution in [0.25, 0.3) is 0 Å². The summed E-state index contributed by atoms with van der Waals surface area (Å²) in [5.41, 5.74) is 3.55. The molecule has 0 bridgehead atoms. The van der Waals surface area contributed by atoms with Crippen LogP contribution in [0.3, 0.4) is 0 Å². The molecule has 1 aromatic carbocycles. The molecule has 0 heterocycles. The van der Waals surface area contributed by atoms with Crippen LogP contribution >= 0.6 is 0 Å². The molecule has 0 radical (unpaired) electrons. The van der Waals surface area contributed by atoms with Gasteiger partial charge in [0.05, 0.1) is 4.92 Å². The largest absolute Gasteiger partial charge is 0.318 e. The fraction of sp³-hybridized carbons (Fsp3) is 0.455. The Kier molecular flexibility index (Phi) is 4.42. The minimum absolute atomic E-state index is 0.00200. The molecule has 6 nitrogen and oxygen atoms in total. The van der Waals surface area contributed by atoms with Gasteiger partial charge in [-0.05, 0) is 32.5 Å². The van der Waals surface area contributed by atoms with Crippen LogP contribution in [0.1, 0.15) is 19.4 Å². The average Bonchev–Trinajstić information content (AvgIpc) is 2.28. The first-order valence-electron chi connectivity index (χ1n) is 5.40. The number of nitrogen functional groups attached to an aromatic ring is 1. The monoisotopic (exact) mass is 238 g/mol. The van der Waals surface area contributed by atoms with Gasteiger partial charge < -0.3 is 5.43 Å². The van der Waals surface area contributed by atoms with E-state index >= 15 is 0 Å². The first-order valence-corrected chi connectivity index (χ1v) is 5.40. The van der Waals surface area contributed by atoms with E-state index in [0.29, 0.717) is 18.3 Å². The third-order valence-electron chi connectivity index (χ3n) is 2.73. The maximum atomic E-state index is 10.8. The van der Waals surface area contributed by atoms with Crippen LogP contribution in [-0.4, -0.2) is 22.9 Å². The molecule has 0 aromatic heterocycles. The summed E-state index contributed by atoms with van der Waals surface area (Å²) in [6.45, 7) is 4.82. The topological polar surface area (TPSA) is 84.4 Å². The molecule has 0 saturated carbocycles. The molecule has 1 rings (SSSR count). The van der Waals surface area contributed by atoms with Crippen molar-refractivity contribution in [3.8, 4) is 0 Å². The highest BCUT2D eigenvalue weighted by atomic mass is 16.6. The van der Waals surface area contributed by atoms with Gasteiger partial charge in [0, 0.05) is 18.7 Å². The maximum absolute atomic E-state index is 10.8. The van der Waals surface area contributed by atoms with Gasteiger partial charge in [-0.25, -0.2) is 0 Å². The molecule has 0 unspecified atom stereocenters. The summed E-state index contributed by atoms with van der Waals surface area (Å²) in [6, 6.07) is 5.40. The molecule has 0 aliphatic heterocycles. The minimum atomic E-state index is -0.436. The van der Waals surface area contributed by atoms with Gasteiger partial charge in [0.15, 0.2) is 0 Å². The second kappa shape index (κ2) is 5.60. The molecule has 0 aliphatic rings. The minimum Gasteiger partial charge on any atom is -0.318 e. The smallest absolute Gasteiger partial charge is 0.293 e. The third-order valence-corrected chi connectivity index (χ3v) is 2.73. The molecule has 1 aromatic rings. The van der Waals surface area contributed by atoms with Gasteiger partial charge in [-0.15, -0.1) is 0 Å². The lowest BCUT2D eigenvalue weighted by molar-refractivity contribution is -0.384. The highest BCUT2D eigenvalue weighted by molar-refractivity contribution is 5.61. The lowest BCUT2D eigenvalue weighted by Crippen LogP contribution is -2.25. The molecule has 94 valence electrons. The quantitative estimate of drug-likeness (QED) is 0.463. The van der Waals surface area contributed by atoms with Crippen molar-refractivity contribution in [1.29, 1.82) is 0 Å². The van der Waals surface area contributed by atoms with Crippen molar-refractivity contribution >= 4 is 11.4 Å². The van der Waals surface area contributed by atoms with Gasteiger partial charge >= 0.3 is 0 Å². The molecule has 0 fully saturated rings. The van der Waals surface area contributed by atoms with Gasteiger partial charge in [-0.2, -0.15) is 0 Å². The zero-order valence-corrected chi connectivity index (χ0v) is 10.3. The molecule has 0 amide bonds. The Morgan fingerprint density at radius 1 is 1.53 bits per heavy atom. The van der Waals surface area contributed by atoms with Gasteiger partial charge in [-0.3, -0.25) is 20.9 Å². The summed E-state index contributed by atoms with van der Waals surface area (Å²) < 4.78 is 0. The Bertz CT molecular complexity index is 406. The number of nitrogens with zero attached hydrogens (tertiary/aromatic N) is 2. The predicted octanol–water partition coefficient (Wildman–Crippen LogP) is 1.72. The highest BCUT2D eigenvalue weighted by Gasteiger charge is 2.14. The van der Waals surface area contributed by atoms with E-state index in [-0.39, 0.29) is 5.69 Å². The fourth-order valence-electron chi connectivity index (χ4n) is 1.42. The van der Waals surface area contributed by atoms with Crippen LogP contribution in [0.4, 0.5) is 11.4 Å². The molecule has 17 heavy (non-hydrogen) atoms. The number of nitro groups is 1. The van der Waals surface area contributed by atoms with Gasteiger partial charge in [-0.1, -0.05) is 6.07 Å². The normalized spacial score (nSPS) is 10.9. The SMILES string of the molecule is CC(C)N(C)Cc1ccc(NN)c([N+](=O)[O-])c1. The Morgan fingerprint density at radius 3 is 2.65 bits per heavy atom. The van der Waals surface area contributed by atoms with Crippen molar-refractivity contribution in [3.63, 3.8) is 0 Å². The lowest BCUT2D eigenvalue weighted by atomic mass is 10.1. The Morgan fingerprint density at radius 2 is 2.18 bits per heavy atom. The number of rotatable bonds is 5. The molecule has 0 aliphatic carbocycles. The summed E-state index contributed by atoms with van der Waals surface area (Å²) in [7, 11) is 1.98. The lowest BCUT2D eigenvalue weighted by Gasteiger charge is -2.20. The molecular formula is C11H18N4O2. The van der Waals surface area contributed by atoms with E-state index in [1.807, 2.05) is 13.1 Å². The zero-order valence-electron chi connectivity index (χ0n) is 10.3. The Hall–Kier alpha value is -1.66. The second-order valence-corrected chi connectivity index (χ2v) is 4.26. The summed E-state index contributed by atoms with van der Waals surface area (Å²) in [4.78, 5) is 12.5. The maximum Gasteiger partial charge on any atom is 0.293 e. The number of nitro benzene ring substituents is 1. The molecule has 6 heteroatoms. The number of benzene rings is 1. The highest BCUT2D eigenvalue weighted by Crippen LogP contribution is 2.25. The van der Waals surface area contributed by atoms with E-state index < -0.39 is 4.92 Å². The molecule has 0 saturated heterocycles. The first-order chi connectivity index (χ1) is 7.95. The van der Waals surface area contributed by atoms with Crippen LogP contribution in [0.15, 0.2) is 18.2 Å². The average molecular weight is 238 g/mol. The van der Waals surface area contributed by atoms with Gasteiger partial charge in [0.2, 0.25) is 0 Å². The molecular weight excluding hydrogens is 220 g/mol. The summed E-state index contributed by atoms with van der Waals surface area (Å²) in [6.07, 6.45) is 0. The summed E-state index contributed by atoms with van der Waals surface area (Å²) in [5.74, 6) is 5.22. The molecule has 0 spiro atoms. The number of nitrogens with one attached hydrogen (secondary N) is 1. The van der Waals surface area contributed by atoms with Crippen molar-refractivity contribution in [2.45, 2.75) is 26.4 Å². The van der Waals surface area contributed by atoms with E-state index in [0.717, 1.165) is 5.56 Å². The number of hydrogen-bond donors (Lipinski definition) is 2. The van der Waals surface area contributed by atoms with Gasteiger partial charge in [0.25, 0.3) is 5.69 Å². The fourth-order valence-corrected chi connectivity index (χ4v) is 1.42. The number of hydrogen-bond acceptors (Lipinski definition) is 5. The predicted molar refractivity (Wildman–Crippen MR) is 67.5 cm³/mol. The Labute approximate surface area is 101 Å². The van der Waals surface area contributed by atoms with Crippen molar-refractivity contribution in [2.24, 2.45) is 5.84 Å². The standard InChI is InChI=1S/C11H18N4O2/c1-8(2)14(3)7-9-4-5-10(13-12)11(6-9)15(16)17/h4-6,8,13H,7,12H2,1-3H3. The van der Waals surface area contributed by atoms with E-state index in [9.17, 15) is 10.1 Å². The summed E-state index contributed by atoms with van der Waals surface area (Å²) in [5, 5.41) is 10.8. The summed E-state index contributed by atoms with van der Waals surface area (Å²) >= 11 is 0.